The minimum atomic E-state index is -0.215. The number of aromatic nitrogens is 3. The van der Waals surface area contributed by atoms with Crippen molar-refractivity contribution < 1.29 is 9.21 Å². The molecule has 0 aliphatic carbocycles. The van der Waals surface area contributed by atoms with Gasteiger partial charge >= 0.3 is 0 Å². The van der Waals surface area contributed by atoms with Gasteiger partial charge in [0.2, 0.25) is 11.8 Å². The van der Waals surface area contributed by atoms with E-state index in [9.17, 15) is 4.79 Å². The molecule has 0 bridgehead atoms. The lowest BCUT2D eigenvalue weighted by Crippen LogP contribution is -2.23. The lowest BCUT2D eigenvalue weighted by atomic mass is 10.2. The molecule has 0 aliphatic rings. The summed E-state index contributed by atoms with van der Waals surface area (Å²) >= 11 is 0. The molecule has 0 aromatic carbocycles. The first-order valence-corrected chi connectivity index (χ1v) is 5.67. The molecule has 0 unspecified atom stereocenters. The van der Waals surface area contributed by atoms with Crippen LogP contribution in [0.25, 0.3) is 0 Å². The monoisotopic (exact) mass is 246 g/mol. The number of nitrogens with one attached hydrogen (secondary N) is 1. The van der Waals surface area contributed by atoms with Crippen LogP contribution >= 0.6 is 0 Å². The molecule has 2 heterocycles. The van der Waals surface area contributed by atoms with Crippen molar-refractivity contribution in [1.82, 2.24) is 20.5 Å². The summed E-state index contributed by atoms with van der Waals surface area (Å²) in [5.74, 6) is 0.934. The minimum Gasteiger partial charge on any atom is -0.423 e. The second-order valence-corrected chi connectivity index (χ2v) is 4.11. The minimum absolute atomic E-state index is 0.181. The van der Waals surface area contributed by atoms with Gasteiger partial charge in [0.25, 0.3) is 5.91 Å². The van der Waals surface area contributed by atoms with Gasteiger partial charge < -0.3 is 9.73 Å². The van der Waals surface area contributed by atoms with Gasteiger partial charge in [0, 0.05) is 18.3 Å². The number of hydrogen-bond acceptors (Lipinski definition) is 5. The van der Waals surface area contributed by atoms with Gasteiger partial charge in [-0.05, 0) is 12.1 Å². The van der Waals surface area contributed by atoms with Gasteiger partial charge in [0.05, 0.1) is 12.1 Å². The number of amides is 1. The molecule has 0 saturated carbocycles. The van der Waals surface area contributed by atoms with Crippen LogP contribution in [0.15, 0.2) is 28.9 Å². The molecule has 0 spiro atoms. The fraction of sp³-hybridized carbons (Fsp3) is 0.333. The third-order valence-corrected chi connectivity index (χ3v) is 2.30. The van der Waals surface area contributed by atoms with E-state index >= 15 is 0 Å². The van der Waals surface area contributed by atoms with Gasteiger partial charge in [-0.3, -0.25) is 9.78 Å². The van der Waals surface area contributed by atoms with Crippen molar-refractivity contribution in [2.45, 2.75) is 26.3 Å². The zero-order chi connectivity index (χ0) is 13.0. The van der Waals surface area contributed by atoms with E-state index in [-0.39, 0.29) is 18.4 Å². The molecule has 2 aromatic heterocycles. The van der Waals surface area contributed by atoms with Crippen LogP contribution in [0.2, 0.25) is 0 Å². The van der Waals surface area contributed by atoms with E-state index in [0.717, 1.165) is 0 Å². The molecule has 1 N–H and O–H groups in total. The SMILES string of the molecule is CC(C)c1nnc(CNC(=O)c2cccnc2)o1. The van der Waals surface area contributed by atoms with Crippen molar-refractivity contribution in [2.75, 3.05) is 0 Å². The second-order valence-electron chi connectivity index (χ2n) is 4.11. The molecular weight excluding hydrogens is 232 g/mol. The number of rotatable bonds is 4. The van der Waals surface area contributed by atoms with Crippen LogP contribution in [-0.2, 0) is 6.54 Å². The predicted molar refractivity (Wildman–Crippen MR) is 63.8 cm³/mol. The molecule has 6 heteroatoms. The Balaban J connectivity index is 1.93. The number of carbonyl (C=O) groups is 1. The zero-order valence-corrected chi connectivity index (χ0v) is 10.3. The molecule has 18 heavy (non-hydrogen) atoms. The van der Waals surface area contributed by atoms with Crippen LogP contribution in [0.4, 0.5) is 0 Å². The molecule has 0 fully saturated rings. The van der Waals surface area contributed by atoms with Crippen LogP contribution in [0, 0.1) is 0 Å². The molecule has 6 nitrogen and oxygen atoms in total. The van der Waals surface area contributed by atoms with Gasteiger partial charge in [0.1, 0.15) is 0 Å². The normalized spacial score (nSPS) is 10.6. The van der Waals surface area contributed by atoms with Crippen molar-refractivity contribution in [3.05, 3.63) is 41.9 Å². The average molecular weight is 246 g/mol. The third kappa shape index (κ3) is 2.91. The summed E-state index contributed by atoms with van der Waals surface area (Å²) in [5.41, 5.74) is 0.501. The fourth-order valence-electron chi connectivity index (χ4n) is 1.33. The first-order valence-electron chi connectivity index (χ1n) is 5.67. The smallest absolute Gasteiger partial charge is 0.253 e. The van der Waals surface area contributed by atoms with Crippen LogP contribution in [0.3, 0.4) is 0 Å². The van der Waals surface area contributed by atoms with Crippen molar-refractivity contribution in [3.63, 3.8) is 0 Å². The average Bonchev–Trinajstić information content (AvgIpc) is 2.86. The van der Waals surface area contributed by atoms with Gasteiger partial charge in [-0.1, -0.05) is 13.8 Å². The molecule has 0 radical (unpaired) electrons. The van der Waals surface area contributed by atoms with Crippen molar-refractivity contribution in [2.24, 2.45) is 0 Å². The number of hydrogen-bond donors (Lipinski definition) is 1. The maximum Gasteiger partial charge on any atom is 0.253 e. The second kappa shape index (κ2) is 5.39. The summed E-state index contributed by atoms with van der Waals surface area (Å²) < 4.78 is 5.38. The van der Waals surface area contributed by atoms with Crippen LogP contribution < -0.4 is 5.32 Å². The summed E-state index contributed by atoms with van der Waals surface area (Å²) in [6.07, 6.45) is 3.12. The Kier molecular flexibility index (Phi) is 3.66. The predicted octanol–water partition coefficient (Wildman–Crippen LogP) is 1.52. The van der Waals surface area contributed by atoms with E-state index in [1.54, 1.807) is 18.3 Å². The first kappa shape index (κ1) is 12.2. The highest BCUT2D eigenvalue weighted by atomic mass is 16.4. The number of nitrogens with zero attached hydrogens (tertiary/aromatic N) is 3. The van der Waals surface area contributed by atoms with E-state index in [0.29, 0.717) is 17.3 Å². The van der Waals surface area contributed by atoms with Crippen LogP contribution in [0.5, 0.6) is 0 Å². The topological polar surface area (TPSA) is 80.9 Å². The molecule has 0 aliphatic heterocycles. The molecule has 1 amide bonds. The summed E-state index contributed by atoms with van der Waals surface area (Å²) in [6.45, 7) is 4.14. The highest BCUT2D eigenvalue weighted by molar-refractivity contribution is 5.93. The molecular formula is C12H14N4O2. The quantitative estimate of drug-likeness (QED) is 0.884. The highest BCUT2D eigenvalue weighted by Gasteiger charge is 2.11. The molecule has 0 saturated heterocycles. The summed E-state index contributed by atoms with van der Waals surface area (Å²) in [4.78, 5) is 15.6. The Morgan fingerprint density at radius 2 is 2.28 bits per heavy atom. The van der Waals surface area contributed by atoms with E-state index in [4.69, 9.17) is 4.42 Å². The van der Waals surface area contributed by atoms with E-state index < -0.39 is 0 Å². The van der Waals surface area contributed by atoms with Crippen molar-refractivity contribution in [3.8, 4) is 0 Å². The lowest BCUT2D eigenvalue weighted by molar-refractivity contribution is 0.0946. The fourth-order valence-corrected chi connectivity index (χ4v) is 1.33. The highest BCUT2D eigenvalue weighted by Crippen LogP contribution is 2.11. The summed E-state index contributed by atoms with van der Waals surface area (Å²) in [6, 6.07) is 3.40. The Morgan fingerprint density at radius 3 is 2.89 bits per heavy atom. The van der Waals surface area contributed by atoms with Crippen LogP contribution in [0.1, 0.15) is 41.9 Å². The Hall–Kier alpha value is -2.24. The Labute approximate surface area is 104 Å². The lowest BCUT2D eigenvalue weighted by Gasteiger charge is -2.01. The Morgan fingerprint density at radius 1 is 1.44 bits per heavy atom. The number of carbonyl (C=O) groups excluding carboxylic acids is 1. The van der Waals surface area contributed by atoms with E-state index in [1.165, 1.54) is 6.20 Å². The van der Waals surface area contributed by atoms with Crippen molar-refractivity contribution in [1.29, 1.82) is 0 Å². The Bertz CT molecular complexity index is 522. The summed E-state index contributed by atoms with van der Waals surface area (Å²) in [5, 5.41) is 10.4. The largest absolute Gasteiger partial charge is 0.423 e. The molecule has 94 valence electrons. The van der Waals surface area contributed by atoms with Gasteiger partial charge in [-0.25, -0.2) is 0 Å². The zero-order valence-electron chi connectivity index (χ0n) is 10.3. The van der Waals surface area contributed by atoms with Gasteiger partial charge in [-0.15, -0.1) is 10.2 Å². The standard InChI is InChI=1S/C12H14N4O2/c1-8(2)12-16-15-10(18-12)7-14-11(17)9-4-3-5-13-6-9/h3-6,8H,7H2,1-2H3,(H,14,17). The number of pyridine rings is 1. The van der Waals surface area contributed by atoms with Gasteiger partial charge in [0.15, 0.2) is 0 Å². The summed E-state index contributed by atoms with van der Waals surface area (Å²) in [7, 11) is 0. The molecule has 2 rings (SSSR count). The maximum absolute atomic E-state index is 11.7. The third-order valence-electron chi connectivity index (χ3n) is 2.30. The van der Waals surface area contributed by atoms with Crippen LogP contribution in [-0.4, -0.2) is 21.1 Å². The van der Waals surface area contributed by atoms with Crippen molar-refractivity contribution >= 4 is 5.91 Å². The van der Waals surface area contributed by atoms with E-state index in [1.807, 2.05) is 13.8 Å². The first-order chi connectivity index (χ1) is 8.66. The molecule has 2 aromatic rings. The van der Waals surface area contributed by atoms with Gasteiger partial charge in [-0.2, -0.15) is 0 Å². The van der Waals surface area contributed by atoms with E-state index in [2.05, 4.69) is 20.5 Å². The maximum atomic E-state index is 11.7. The molecule has 0 atom stereocenters.